The minimum absolute atomic E-state index is 0.0172. The molecule has 76 heavy (non-hydrogen) atoms. The van der Waals surface area contributed by atoms with Crippen LogP contribution in [0.2, 0.25) is 18.1 Å². The van der Waals surface area contributed by atoms with E-state index >= 15 is 0 Å². The van der Waals surface area contributed by atoms with Crippen LogP contribution < -0.4 is 0 Å². The number of fused-ring (bicyclic) bond motifs is 3. The van der Waals surface area contributed by atoms with E-state index in [1.165, 1.54) is 12.0 Å². The molecule has 1 amide bonds. The average Bonchev–Trinajstić information content (AvgIpc) is 3.37. The fourth-order valence-electron chi connectivity index (χ4n) is 11.1. The summed E-state index contributed by atoms with van der Waals surface area (Å²) in [5, 5.41) is 23.7. The summed E-state index contributed by atoms with van der Waals surface area (Å²) in [6, 6.07) is -1.14. The number of cyclic esters (lactones) is 1. The number of Topliss-reactive ketones (excluding diaryl/α,β-unsaturated/α-hetero) is 3. The van der Waals surface area contributed by atoms with E-state index in [9.17, 15) is 34.2 Å². The van der Waals surface area contributed by atoms with Crippen LogP contribution in [0.5, 0.6) is 0 Å². The van der Waals surface area contributed by atoms with Gasteiger partial charge in [0.2, 0.25) is 5.79 Å². The van der Waals surface area contributed by atoms with Crippen LogP contribution >= 0.6 is 0 Å². The highest BCUT2D eigenvalue weighted by Crippen LogP contribution is 2.39. The Labute approximate surface area is 457 Å². The van der Waals surface area contributed by atoms with Crippen LogP contribution in [0.4, 0.5) is 0 Å². The zero-order valence-electron chi connectivity index (χ0n) is 49.1. The number of carbonyl (C=O) groups excluding carboxylic acids is 5. The SMILES string of the molecule is CO[C@H]1C[C@@H]2CC[C@@H](C)[C@@](O)(O2)C(=O)C(=O)N2CCCC[C@H]2C(=O)OC(C(C)C[C@@H]2CC[C@@H](OCCCO[Si](C)(C)C(C)(C)C)[C@H](OC)C2)CC(=O)[C@H](C)/C=C(\C)[C@@H](O)[C@@H](OC)C(=O)[C@H](C)C[C@H](C)/C=C/C=CC=C1C. The Morgan fingerprint density at radius 3 is 2.21 bits per heavy atom. The highest BCUT2D eigenvalue weighted by molar-refractivity contribution is 6.74. The molecule has 432 valence electrons. The van der Waals surface area contributed by atoms with Gasteiger partial charge in [0.1, 0.15) is 30.1 Å². The maximum absolute atomic E-state index is 14.6. The second kappa shape index (κ2) is 29.9. The fraction of sp³-hybridized carbons (Fsp3) is 0.783. The molecule has 4 aliphatic rings. The maximum Gasteiger partial charge on any atom is 0.329 e. The van der Waals surface area contributed by atoms with Crippen LogP contribution in [-0.4, -0.2) is 148 Å². The number of carbonyl (C=O) groups is 5. The van der Waals surface area contributed by atoms with Crippen molar-refractivity contribution in [3.8, 4) is 0 Å². The van der Waals surface area contributed by atoms with Gasteiger partial charge < -0.3 is 48.0 Å². The van der Waals surface area contributed by atoms with Crippen molar-refractivity contribution in [2.45, 2.75) is 225 Å². The van der Waals surface area contributed by atoms with Crippen LogP contribution in [0.3, 0.4) is 0 Å². The molecular weight excluding hydrogens is 987 g/mol. The van der Waals surface area contributed by atoms with Gasteiger partial charge in [0.05, 0.1) is 24.4 Å². The highest BCUT2D eigenvalue weighted by Gasteiger charge is 2.53. The van der Waals surface area contributed by atoms with Gasteiger partial charge in [-0.3, -0.25) is 19.2 Å². The Balaban J connectivity index is 1.64. The Morgan fingerprint density at radius 1 is 0.842 bits per heavy atom. The average molecular weight is 1090 g/mol. The van der Waals surface area contributed by atoms with Crippen molar-refractivity contribution in [3.05, 3.63) is 47.6 Å². The highest BCUT2D eigenvalue weighted by atomic mass is 28.4. The number of amides is 1. The lowest BCUT2D eigenvalue weighted by Crippen LogP contribution is -2.61. The summed E-state index contributed by atoms with van der Waals surface area (Å²) in [4.78, 5) is 72.8. The van der Waals surface area contributed by atoms with E-state index < -0.39 is 86.1 Å². The molecule has 3 fully saturated rings. The Morgan fingerprint density at radius 2 is 1.55 bits per heavy atom. The topological polar surface area (TPSA) is 194 Å². The predicted molar refractivity (Wildman–Crippen MR) is 297 cm³/mol. The van der Waals surface area contributed by atoms with E-state index in [2.05, 4.69) is 33.9 Å². The first-order valence-electron chi connectivity index (χ1n) is 28.4. The first-order valence-corrected chi connectivity index (χ1v) is 31.3. The minimum atomic E-state index is -2.43. The third kappa shape index (κ3) is 17.9. The summed E-state index contributed by atoms with van der Waals surface area (Å²) in [5.41, 5.74) is 1.28. The minimum Gasteiger partial charge on any atom is -0.460 e. The monoisotopic (exact) mass is 1090 g/mol. The van der Waals surface area contributed by atoms with E-state index in [4.69, 9.17) is 32.8 Å². The molecule has 16 heteroatoms. The lowest BCUT2D eigenvalue weighted by molar-refractivity contribution is -0.265. The van der Waals surface area contributed by atoms with Gasteiger partial charge in [-0.25, -0.2) is 4.79 Å². The molecule has 0 aromatic carbocycles. The predicted octanol–water partition coefficient (Wildman–Crippen LogP) is 9.62. The van der Waals surface area contributed by atoms with Crippen molar-refractivity contribution in [2.75, 3.05) is 41.1 Å². The number of esters is 1. The van der Waals surface area contributed by atoms with Crippen LogP contribution in [0.25, 0.3) is 0 Å². The fourth-order valence-corrected chi connectivity index (χ4v) is 12.2. The number of ether oxygens (including phenoxy) is 6. The van der Waals surface area contributed by atoms with Gasteiger partial charge in [-0.05, 0) is 132 Å². The quantitative estimate of drug-likeness (QED) is 0.0617. The molecule has 2 unspecified atom stereocenters. The van der Waals surface area contributed by atoms with E-state index in [1.807, 2.05) is 58.1 Å². The Bertz CT molecular complexity index is 2040. The van der Waals surface area contributed by atoms with Gasteiger partial charge >= 0.3 is 5.97 Å². The number of ketones is 3. The molecule has 1 aliphatic carbocycles. The van der Waals surface area contributed by atoms with Gasteiger partial charge in [0.15, 0.2) is 14.1 Å². The number of allylic oxidation sites excluding steroid dienone is 6. The van der Waals surface area contributed by atoms with Crippen LogP contribution in [0.15, 0.2) is 47.6 Å². The Kier molecular flexibility index (Phi) is 25.7. The zero-order valence-corrected chi connectivity index (χ0v) is 50.1. The first-order chi connectivity index (χ1) is 35.7. The second-order valence-corrected chi connectivity index (χ2v) is 29.2. The molecule has 2 saturated heterocycles. The summed E-state index contributed by atoms with van der Waals surface area (Å²) in [6.07, 6.45) is 13.3. The van der Waals surface area contributed by atoms with Gasteiger partial charge in [0.25, 0.3) is 11.7 Å². The van der Waals surface area contributed by atoms with E-state index in [0.717, 1.165) is 24.8 Å². The number of aliphatic hydroxyl groups is 2. The molecule has 0 spiro atoms. The number of hydrogen-bond acceptors (Lipinski definition) is 14. The number of aliphatic hydroxyl groups excluding tert-OH is 1. The number of methoxy groups -OCH3 is 3. The lowest BCUT2D eigenvalue weighted by Gasteiger charge is -2.42. The summed E-state index contributed by atoms with van der Waals surface area (Å²) in [5.74, 6) is -7.85. The normalized spacial score (nSPS) is 35.7. The van der Waals surface area contributed by atoms with Crippen molar-refractivity contribution in [1.29, 1.82) is 0 Å². The molecule has 2 bridgehead atoms. The van der Waals surface area contributed by atoms with E-state index in [-0.39, 0.29) is 66.0 Å². The lowest BCUT2D eigenvalue weighted by atomic mass is 9.78. The summed E-state index contributed by atoms with van der Waals surface area (Å²) >= 11 is 0. The third-order valence-corrected chi connectivity index (χ3v) is 21.9. The molecule has 0 aromatic rings. The molecule has 4 rings (SSSR count). The van der Waals surface area contributed by atoms with Crippen molar-refractivity contribution < 1.29 is 67.0 Å². The molecule has 2 N–H and O–H groups in total. The molecule has 15 atom stereocenters. The van der Waals surface area contributed by atoms with Gasteiger partial charge in [-0.2, -0.15) is 0 Å². The van der Waals surface area contributed by atoms with Crippen molar-refractivity contribution in [2.24, 2.45) is 35.5 Å². The molecule has 0 aromatic heterocycles. The van der Waals surface area contributed by atoms with Gasteiger partial charge in [-0.15, -0.1) is 0 Å². The van der Waals surface area contributed by atoms with Crippen LogP contribution in [0.1, 0.15) is 153 Å². The summed E-state index contributed by atoms with van der Waals surface area (Å²) < 4.78 is 42.9. The molecule has 3 aliphatic heterocycles. The smallest absolute Gasteiger partial charge is 0.329 e. The van der Waals surface area contributed by atoms with Crippen molar-refractivity contribution in [3.63, 3.8) is 0 Å². The molecular formula is C60H99NO14Si. The number of piperidine rings is 1. The molecule has 3 heterocycles. The van der Waals surface area contributed by atoms with Crippen molar-refractivity contribution in [1.82, 2.24) is 4.90 Å². The van der Waals surface area contributed by atoms with Gasteiger partial charge in [0, 0.05) is 71.7 Å². The summed E-state index contributed by atoms with van der Waals surface area (Å²) in [6.45, 7) is 25.3. The third-order valence-electron chi connectivity index (χ3n) is 17.3. The Hall–Kier alpha value is -3.19. The van der Waals surface area contributed by atoms with Crippen LogP contribution in [-0.2, 0) is 56.8 Å². The van der Waals surface area contributed by atoms with Crippen LogP contribution in [0, 0.1) is 35.5 Å². The summed E-state index contributed by atoms with van der Waals surface area (Å²) in [7, 11) is 2.81. The molecule has 15 nitrogen and oxygen atoms in total. The number of hydrogen-bond donors (Lipinski definition) is 2. The standard InChI is InChI=1S/C60H99NO14Si/c1-38-22-17-16-18-23-39(2)50(69-11)36-46-27-25-44(7)60(68,75-46)56(65)57(66)61-29-20-19-24-47(61)58(67)74-51(37-48(62)40(3)33-43(6)54(64)55(71-13)53(63)42(5)32-38)41(4)34-45-26-28-49(52(35-45)70-12)72-30-21-31-73-76(14,15)59(8,9)10/h16-18,22-23,33,38,40-42,44-47,49-52,54-55,64,68H,19-21,24-32,34-37H2,1-15H3/b18-16?,22-17+,39-23?,43-33+/t38-,40-,41?,42-,44-,45+,46+,47+,49-,50+,51?,52-,54-,55+,60-/m1/s1. The number of nitrogens with zero attached hydrogens (tertiary/aromatic N) is 1. The zero-order chi connectivity index (χ0) is 56.7. The van der Waals surface area contributed by atoms with E-state index in [0.29, 0.717) is 70.2 Å². The largest absolute Gasteiger partial charge is 0.460 e. The van der Waals surface area contributed by atoms with Gasteiger partial charge in [-0.1, -0.05) is 91.8 Å². The second-order valence-electron chi connectivity index (χ2n) is 24.4. The van der Waals surface area contributed by atoms with E-state index in [1.54, 1.807) is 41.1 Å². The molecule has 0 radical (unpaired) electrons. The van der Waals surface area contributed by atoms with Crippen molar-refractivity contribution >= 4 is 37.5 Å². The first kappa shape index (κ1) is 65.3. The molecule has 1 saturated carbocycles. The maximum atomic E-state index is 14.6. The number of rotatable bonds is 12.